The number of hydrogen-bond acceptors (Lipinski definition) is 8. The molecule has 0 bridgehead atoms. The molecular formula is C17H24N6O4S. The van der Waals surface area contributed by atoms with Gasteiger partial charge in [0.25, 0.3) is 0 Å². The van der Waals surface area contributed by atoms with Crippen LogP contribution in [0.5, 0.6) is 0 Å². The molecule has 0 unspecified atom stereocenters. The third-order valence-corrected chi connectivity index (χ3v) is 3.67. The third kappa shape index (κ3) is 8.66. The second-order valence-electron chi connectivity index (χ2n) is 5.59. The van der Waals surface area contributed by atoms with Crippen molar-refractivity contribution in [3.63, 3.8) is 0 Å². The first kappa shape index (κ1) is 23.1. The van der Waals surface area contributed by atoms with E-state index in [-0.39, 0.29) is 0 Å². The van der Waals surface area contributed by atoms with Crippen LogP contribution < -0.4 is 11.5 Å². The molecular weight excluding hydrogens is 384 g/mol. The van der Waals surface area contributed by atoms with Crippen molar-refractivity contribution in [2.75, 3.05) is 18.1 Å². The monoisotopic (exact) mass is 408 g/mol. The van der Waals surface area contributed by atoms with Gasteiger partial charge in [-0.2, -0.15) is 8.42 Å². The smallest absolute Gasteiger partial charge is 0.394 e. The van der Waals surface area contributed by atoms with Crippen LogP contribution in [0.3, 0.4) is 0 Å². The number of nitrogen functional groups attached to an aromatic ring is 2. The van der Waals surface area contributed by atoms with Gasteiger partial charge in [0.1, 0.15) is 0 Å². The zero-order chi connectivity index (χ0) is 21.2. The summed E-state index contributed by atoms with van der Waals surface area (Å²) in [5.41, 5.74) is 18.4. The highest BCUT2D eigenvalue weighted by Crippen LogP contribution is 2.27. The summed E-state index contributed by atoms with van der Waals surface area (Å²) in [6.45, 7) is 4.66. The molecule has 0 aromatic heterocycles. The Bertz CT molecular complexity index is 875. The molecule has 0 atom stereocenters. The summed E-state index contributed by atoms with van der Waals surface area (Å²) >= 11 is 0. The Morgan fingerprint density at radius 3 is 1.46 bits per heavy atom. The van der Waals surface area contributed by atoms with Gasteiger partial charge in [0.15, 0.2) is 6.67 Å². The van der Waals surface area contributed by atoms with Gasteiger partial charge in [-0.05, 0) is 69.8 Å². The number of anilines is 2. The van der Waals surface area contributed by atoms with Crippen molar-refractivity contribution in [3.05, 3.63) is 47.5 Å². The molecule has 6 N–H and O–H groups in total. The lowest BCUT2D eigenvalue weighted by molar-refractivity contribution is 0.381. The molecule has 0 amide bonds. The van der Waals surface area contributed by atoms with Gasteiger partial charge >= 0.3 is 10.4 Å². The molecule has 0 spiro atoms. The lowest BCUT2D eigenvalue weighted by atomic mass is 9.98. The van der Waals surface area contributed by atoms with Gasteiger partial charge in [-0.1, -0.05) is 26.0 Å². The molecule has 1 heterocycles. The SMILES string of the molecule is C1N=NN=N1.CCc1cc(-c2ccc(N)c(CC)c2)ccc1N.O=S(=O)(O)O. The van der Waals surface area contributed by atoms with Gasteiger partial charge in [-0.3, -0.25) is 9.11 Å². The van der Waals surface area contributed by atoms with Gasteiger partial charge in [-0.15, -0.1) is 10.2 Å². The fourth-order valence-corrected chi connectivity index (χ4v) is 2.32. The molecule has 3 rings (SSSR count). The molecule has 0 saturated carbocycles. The van der Waals surface area contributed by atoms with Crippen molar-refractivity contribution >= 4 is 21.8 Å². The summed E-state index contributed by atoms with van der Waals surface area (Å²) in [7, 11) is -4.67. The summed E-state index contributed by atoms with van der Waals surface area (Å²) in [5.74, 6) is 0. The van der Waals surface area contributed by atoms with Crippen molar-refractivity contribution < 1.29 is 17.5 Å². The van der Waals surface area contributed by atoms with Crippen LogP contribution in [0.15, 0.2) is 57.1 Å². The molecule has 2 aromatic carbocycles. The standard InChI is InChI=1S/C16H20N2.CH2N4.H2O4S/c1-3-11-9-13(5-7-15(11)17)14-6-8-16(18)12(4-2)10-14;1-2-4-5-3-1;1-5(2,3)4/h5-10H,3-4,17-18H2,1-2H3;1H2;(H2,1,2,3,4). The van der Waals surface area contributed by atoms with Crippen LogP contribution in [-0.4, -0.2) is 24.2 Å². The molecule has 1 aliphatic rings. The molecule has 28 heavy (non-hydrogen) atoms. The normalized spacial score (nSPS) is 12.0. The lowest BCUT2D eigenvalue weighted by Crippen LogP contribution is -1.95. The van der Waals surface area contributed by atoms with Gasteiger partial charge in [-0.25, -0.2) is 0 Å². The molecule has 0 saturated heterocycles. The lowest BCUT2D eigenvalue weighted by Gasteiger charge is -2.10. The highest BCUT2D eigenvalue weighted by atomic mass is 32.3. The number of hydrogen-bond donors (Lipinski definition) is 4. The number of rotatable bonds is 3. The molecule has 11 heteroatoms. The highest BCUT2D eigenvalue weighted by Gasteiger charge is 2.04. The number of aryl methyl sites for hydroxylation is 2. The Kier molecular flexibility index (Phi) is 9.15. The van der Waals surface area contributed by atoms with Gasteiger partial charge in [0.05, 0.1) is 0 Å². The van der Waals surface area contributed by atoms with E-state index in [1.807, 2.05) is 12.1 Å². The van der Waals surface area contributed by atoms with Crippen molar-refractivity contribution in [2.24, 2.45) is 20.7 Å². The Labute approximate surface area is 163 Å². The van der Waals surface area contributed by atoms with Crippen LogP contribution in [0.1, 0.15) is 25.0 Å². The summed E-state index contributed by atoms with van der Waals surface area (Å²) in [4.78, 5) is 0. The number of nitrogens with two attached hydrogens (primary N) is 2. The summed E-state index contributed by atoms with van der Waals surface area (Å²) in [6.07, 6.45) is 1.91. The van der Waals surface area contributed by atoms with E-state index < -0.39 is 10.4 Å². The first-order chi connectivity index (χ1) is 13.2. The Morgan fingerprint density at radius 2 is 1.21 bits per heavy atom. The van der Waals surface area contributed by atoms with Crippen LogP contribution in [0.25, 0.3) is 11.1 Å². The fourth-order valence-electron chi connectivity index (χ4n) is 2.32. The Hall–Kier alpha value is -2.89. The van der Waals surface area contributed by atoms with Crippen molar-refractivity contribution in [2.45, 2.75) is 26.7 Å². The van der Waals surface area contributed by atoms with E-state index in [9.17, 15) is 0 Å². The maximum absolute atomic E-state index is 8.74. The van der Waals surface area contributed by atoms with Gasteiger partial charge < -0.3 is 11.5 Å². The van der Waals surface area contributed by atoms with Crippen LogP contribution >= 0.6 is 0 Å². The molecule has 2 aromatic rings. The summed E-state index contributed by atoms with van der Waals surface area (Å²) in [6, 6.07) is 12.4. The van der Waals surface area contributed by atoms with Crippen molar-refractivity contribution in [1.82, 2.24) is 0 Å². The molecule has 0 aliphatic carbocycles. The molecule has 0 fully saturated rings. The molecule has 152 valence electrons. The first-order valence-corrected chi connectivity index (χ1v) is 9.75. The van der Waals surface area contributed by atoms with E-state index in [4.69, 9.17) is 29.0 Å². The second-order valence-corrected chi connectivity index (χ2v) is 6.48. The average Bonchev–Trinajstić information content (AvgIpc) is 3.21. The predicted octanol–water partition coefficient (Wildman–Crippen LogP) is 3.77. The van der Waals surface area contributed by atoms with Gasteiger partial charge in [0.2, 0.25) is 0 Å². The van der Waals surface area contributed by atoms with E-state index in [1.54, 1.807) is 0 Å². The Morgan fingerprint density at radius 1 is 0.857 bits per heavy atom. The van der Waals surface area contributed by atoms with Gasteiger partial charge in [0, 0.05) is 11.4 Å². The van der Waals surface area contributed by atoms with E-state index in [0.29, 0.717) is 6.67 Å². The largest absolute Gasteiger partial charge is 0.399 e. The maximum Gasteiger partial charge on any atom is 0.394 e. The minimum Gasteiger partial charge on any atom is -0.399 e. The highest BCUT2D eigenvalue weighted by molar-refractivity contribution is 7.79. The summed E-state index contributed by atoms with van der Waals surface area (Å²) in [5, 5.41) is 13.1. The average molecular weight is 408 g/mol. The van der Waals surface area contributed by atoms with Crippen LogP contribution in [0.2, 0.25) is 0 Å². The van der Waals surface area contributed by atoms with E-state index in [0.717, 1.165) is 24.2 Å². The fraction of sp³-hybridized carbons (Fsp3) is 0.294. The number of nitrogens with zero attached hydrogens (tertiary/aromatic N) is 4. The van der Waals surface area contributed by atoms with Crippen LogP contribution in [-0.2, 0) is 23.2 Å². The minimum atomic E-state index is -4.67. The topological polar surface area (TPSA) is 176 Å². The van der Waals surface area contributed by atoms with Crippen LogP contribution in [0, 0.1) is 0 Å². The maximum atomic E-state index is 8.74. The second kappa shape index (κ2) is 11.1. The Balaban J connectivity index is 0.000000321. The van der Waals surface area contributed by atoms with E-state index >= 15 is 0 Å². The summed E-state index contributed by atoms with van der Waals surface area (Å²) < 4.78 is 31.6. The zero-order valence-electron chi connectivity index (χ0n) is 15.6. The van der Waals surface area contributed by atoms with E-state index in [2.05, 4.69) is 58.8 Å². The first-order valence-electron chi connectivity index (χ1n) is 8.36. The molecule has 0 radical (unpaired) electrons. The van der Waals surface area contributed by atoms with Crippen molar-refractivity contribution in [1.29, 1.82) is 0 Å². The third-order valence-electron chi connectivity index (χ3n) is 3.67. The molecule has 10 nitrogen and oxygen atoms in total. The van der Waals surface area contributed by atoms with E-state index in [1.165, 1.54) is 22.3 Å². The quantitative estimate of drug-likeness (QED) is 0.443. The predicted molar refractivity (Wildman–Crippen MR) is 108 cm³/mol. The molecule has 1 aliphatic heterocycles. The minimum absolute atomic E-state index is 0.417. The zero-order valence-corrected chi connectivity index (χ0v) is 16.5. The number of benzene rings is 2. The van der Waals surface area contributed by atoms with Crippen LogP contribution in [0.4, 0.5) is 11.4 Å². The van der Waals surface area contributed by atoms with Crippen molar-refractivity contribution in [3.8, 4) is 11.1 Å².